The first-order chi connectivity index (χ1) is 11.4. The molecule has 7 heteroatoms. The van der Waals surface area contributed by atoms with Gasteiger partial charge in [0.25, 0.3) is 5.91 Å². The highest BCUT2D eigenvalue weighted by atomic mass is 32.2. The summed E-state index contributed by atoms with van der Waals surface area (Å²) in [6.45, 7) is -0.137. The molecule has 0 aliphatic rings. The molecule has 0 aliphatic carbocycles. The van der Waals surface area contributed by atoms with Crippen LogP contribution in [0.2, 0.25) is 0 Å². The molecule has 0 saturated carbocycles. The minimum Gasteiger partial charge on any atom is -0.355 e. The van der Waals surface area contributed by atoms with E-state index in [0.29, 0.717) is 11.1 Å². The van der Waals surface area contributed by atoms with E-state index in [1.54, 1.807) is 24.3 Å². The highest BCUT2D eigenvalue weighted by Gasteiger charge is 2.12. The molecule has 2 rings (SSSR count). The second-order valence-electron chi connectivity index (χ2n) is 4.70. The van der Waals surface area contributed by atoms with E-state index >= 15 is 0 Å². The van der Waals surface area contributed by atoms with Gasteiger partial charge in [0.05, 0.1) is 17.0 Å². The molecule has 0 fully saturated rings. The van der Waals surface area contributed by atoms with E-state index in [4.69, 9.17) is 0 Å². The maximum atomic E-state index is 12.8. The van der Waals surface area contributed by atoms with Crippen molar-refractivity contribution in [2.75, 3.05) is 13.6 Å². The number of rotatable bonds is 4. The summed E-state index contributed by atoms with van der Waals surface area (Å²) in [6, 6.07) is 11.2. The highest BCUT2D eigenvalue weighted by molar-refractivity contribution is 7.89. The summed E-state index contributed by atoms with van der Waals surface area (Å²) in [7, 11) is -2.24. The fourth-order valence-electron chi connectivity index (χ4n) is 1.89. The van der Waals surface area contributed by atoms with Gasteiger partial charge in [0.2, 0.25) is 10.0 Å². The Morgan fingerprint density at radius 1 is 1.12 bits per heavy atom. The van der Waals surface area contributed by atoms with Crippen molar-refractivity contribution in [1.29, 1.82) is 0 Å². The maximum absolute atomic E-state index is 12.8. The van der Waals surface area contributed by atoms with Crippen molar-refractivity contribution in [2.24, 2.45) is 0 Å². The molecule has 5 nitrogen and oxygen atoms in total. The predicted octanol–water partition coefficient (Wildman–Crippen LogP) is 1.52. The molecule has 0 bridgehead atoms. The summed E-state index contributed by atoms with van der Waals surface area (Å²) in [5.41, 5.74) is 0.909. The van der Waals surface area contributed by atoms with Crippen molar-refractivity contribution in [2.45, 2.75) is 4.90 Å². The largest absolute Gasteiger partial charge is 0.355 e. The van der Waals surface area contributed by atoms with Gasteiger partial charge in [0, 0.05) is 12.6 Å². The summed E-state index contributed by atoms with van der Waals surface area (Å²) >= 11 is 0. The standard InChI is InChI=1S/C17H15FN2O3S/c1-19-17(21)16-7-3-2-5-13(16)6-4-12-20-24(22,23)15-10-8-14(18)9-11-15/h2-3,5,7-11,20H,12H2,1H3,(H,19,21). The van der Waals surface area contributed by atoms with Crippen LogP contribution in [0.5, 0.6) is 0 Å². The van der Waals surface area contributed by atoms with E-state index in [1.807, 2.05) is 0 Å². The Bertz CT molecular complexity index is 897. The van der Waals surface area contributed by atoms with Crippen LogP contribution in [0.3, 0.4) is 0 Å². The Kier molecular flexibility index (Phi) is 5.68. The summed E-state index contributed by atoms with van der Waals surface area (Å²) in [4.78, 5) is 11.7. The molecule has 1 amide bonds. The molecule has 124 valence electrons. The minimum atomic E-state index is -3.76. The second-order valence-corrected chi connectivity index (χ2v) is 6.47. The number of carbonyl (C=O) groups is 1. The van der Waals surface area contributed by atoms with Gasteiger partial charge < -0.3 is 5.32 Å². The molecular weight excluding hydrogens is 331 g/mol. The van der Waals surface area contributed by atoms with Gasteiger partial charge in [0.15, 0.2) is 0 Å². The molecule has 0 saturated heterocycles. The molecule has 0 aromatic heterocycles. The topological polar surface area (TPSA) is 75.3 Å². The second kappa shape index (κ2) is 7.73. The van der Waals surface area contributed by atoms with Gasteiger partial charge in [0.1, 0.15) is 5.82 Å². The van der Waals surface area contributed by atoms with Gasteiger partial charge in [-0.3, -0.25) is 4.79 Å². The van der Waals surface area contributed by atoms with Gasteiger partial charge in [-0.2, -0.15) is 4.72 Å². The van der Waals surface area contributed by atoms with E-state index in [1.165, 1.54) is 19.2 Å². The number of hydrogen-bond acceptors (Lipinski definition) is 3. The van der Waals surface area contributed by atoms with Crippen molar-refractivity contribution in [3.63, 3.8) is 0 Å². The van der Waals surface area contributed by atoms with Crippen LogP contribution < -0.4 is 10.0 Å². The minimum absolute atomic E-state index is 0.0449. The quantitative estimate of drug-likeness (QED) is 0.824. The maximum Gasteiger partial charge on any atom is 0.252 e. The normalized spacial score (nSPS) is 10.6. The van der Waals surface area contributed by atoms with Crippen molar-refractivity contribution in [3.05, 3.63) is 65.5 Å². The van der Waals surface area contributed by atoms with Crippen LogP contribution in [0.15, 0.2) is 53.4 Å². The Balaban J connectivity index is 2.09. The number of halogens is 1. The molecule has 0 spiro atoms. The van der Waals surface area contributed by atoms with Gasteiger partial charge in [-0.25, -0.2) is 12.8 Å². The highest BCUT2D eigenvalue weighted by Crippen LogP contribution is 2.09. The molecule has 0 radical (unpaired) electrons. The molecular formula is C17H15FN2O3S. The van der Waals surface area contributed by atoms with Crippen LogP contribution in [0, 0.1) is 17.7 Å². The van der Waals surface area contributed by atoms with E-state index in [2.05, 4.69) is 21.9 Å². The van der Waals surface area contributed by atoms with E-state index in [9.17, 15) is 17.6 Å². The van der Waals surface area contributed by atoms with Crippen molar-refractivity contribution >= 4 is 15.9 Å². The van der Waals surface area contributed by atoms with E-state index in [0.717, 1.165) is 12.1 Å². The lowest BCUT2D eigenvalue weighted by Gasteiger charge is -2.04. The van der Waals surface area contributed by atoms with Gasteiger partial charge in [-0.1, -0.05) is 24.0 Å². The van der Waals surface area contributed by atoms with Gasteiger partial charge in [-0.05, 0) is 36.4 Å². The van der Waals surface area contributed by atoms with E-state index in [-0.39, 0.29) is 17.3 Å². The predicted molar refractivity (Wildman–Crippen MR) is 88.3 cm³/mol. The monoisotopic (exact) mass is 346 g/mol. The lowest BCUT2D eigenvalue weighted by atomic mass is 10.1. The number of benzene rings is 2. The molecule has 24 heavy (non-hydrogen) atoms. The van der Waals surface area contributed by atoms with Crippen LogP contribution in [-0.4, -0.2) is 27.9 Å². The Labute approximate surface area is 139 Å². The molecule has 0 aliphatic heterocycles. The molecule has 0 heterocycles. The molecule has 0 unspecified atom stereocenters. The number of nitrogens with one attached hydrogen (secondary N) is 2. The molecule has 2 aromatic rings. The Morgan fingerprint density at radius 3 is 2.46 bits per heavy atom. The third kappa shape index (κ3) is 4.41. The summed E-state index contributed by atoms with van der Waals surface area (Å²) < 4.78 is 39.2. The zero-order chi connectivity index (χ0) is 17.6. The first-order valence-corrected chi connectivity index (χ1v) is 8.47. The van der Waals surface area contributed by atoms with Gasteiger partial charge >= 0.3 is 0 Å². The Morgan fingerprint density at radius 2 is 1.79 bits per heavy atom. The van der Waals surface area contributed by atoms with Crippen molar-refractivity contribution < 1.29 is 17.6 Å². The number of sulfonamides is 1. The average molecular weight is 346 g/mol. The first kappa shape index (κ1) is 17.7. The SMILES string of the molecule is CNC(=O)c1ccccc1C#CCNS(=O)(=O)c1ccc(F)cc1. The lowest BCUT2D eigenvalue weighted by molar-refractivity contribution is 0.0963. The first-order valence-electron chi connectivity index (χ1n) is 6.99. The average Bonchev–Trinajstić information content (AvgIpc) is 2.59. The molecule has 2 aromatic carbocycles. The summed E-state index contributed by atoms with van der Waals surface area (Å²) in [5, 5.41) is 2.51. The third-order valence-electron chi connectivity index (χ3n) is 3.10. The van der Waals surface area contributed by atoms with Crippen molar-refractivity contribution in [1.82, 2.24) is 10.0 Å². The zero-order valence-corrected chi connectivity index (χ0v) is 13.7. The number of carbonyl (C=O) groups excluding carboxylic acids is 1. The lowest BCUT2D eigenvalue weighted by Crippen LogP contribution is -2.24. The van der Waals surface area contributed by atoms with Gasteiger partial charge in [-0.15, -0.1) is 0 Å². The van der Waals surface area contributed by atoms with E-state index < -0.39 is 15.8 Å². The molecule has 2 N–H and O–H groups in total. The third-order valence-corrected chi connectivity index (χ3v) is 4.51. The Hall–Kier alpha value is -2.69. The van der Waals surface area contributed by atoms with Crippen LogP contribution in [-0.2, 0) is 10.0 Å². The molecule has 0 atom stereocenters. The zero-order valence-electron chi connectivity index (χ0n) is 12.8. The van der Waals surface area contributed by atoms with Crippen molar-refractivity contribution in [3.8, 4) is 11.8 Å². The fraction of sp³-hybridized carbons (Fsp3) is 0.118. The van der Waals surface area contributed by atoms with Crippen LogP contribution in [0.25, 0.3) is 0 Å². The van der Waals surface area contributed by atoms with Crippen LogP contribution >= 0.6 is 0 Å². The number of hydrogen-bond donors (Lipinski definition) is 2. The smallest absolute Gasteiger partial charge is 0.252 e. The van der Waals surface area contributed by atoms with Crippen LogP contribution in [0.1, 0.15) is 15.9 Å². The summed E-state index contributed by atoms with van der Waals surface area (Å²) in [5.74, 6) is 4.64. The fourth-order valence-corrected chi connectivity index (χ4v) is 2.82. The van der Waals surface area contributed by atoms with Crippen LogP contribution in [0.4, 0.5) is 4.39 Å². The number of amides is 1. The summed E-state index contributed by atoms with van der Waals surface area (Å²) in [6.07, 6.45) is 0.